The van der Waals surface area contributed by atoms with Gasteiger partial charge in [0.05, 0.1) is 24.9 Å². The maximum atomic E-state index is 13.3. The van der Waals surface area contributed by atoms with Crippen molar-refractivity contribution in [2.24, 2.45) is 0 Å². The summed E-state index contributed by atoms with van der Waals surface area (Å²) in [6.07, 6.45) is 1.31. The molecule has 154 valence electrons. The van der Waals surface area contributed by atoms with E-state index in [4.69, 9.17) is 9.84 Å². The van der Waals surface area contributed by atoms with Crippen LogP contribution in [0.2, 0.25) is 0 Å². The zero-order chi connectivity index (χ0) is 20.8. The summed E-state index contributed by atoms with van der Waals surface area (Å²) >= 11 is 0. The number of benzene rings is 1. The summed E-state index contributed by atoms with van der Waals surface area (Å²) < 4.78 is 5.22. The van der Waals surface area contributed by atoms with E-state index < -0.39 is 5.97 Å². The van der Waals surface area contributed by atoms with E-state index in [-0.39, 0.29) is 18.1 Å². The van der Waals surface area contributed by atoms with E-state index in [0.29, 0.717) is 24.5 Å². The summed E-state index contributed by atoms with van der Waals surface area (Å²) in [5, 5.41) is 9.06. The van der Waals surface area contributed by atoms with E-state index in [1.54, 1.807) is 18.1 Å². The second kappa shape index (κ2) is 9.38. The van der Waals surface area contributed by atoms with Crippen LogP contribution >= 0.6 is 0 Å². The Morgan fingerprint density at radius 2 is 1.79 bits per heavy atom. The first kappa shape index (κ1) is 20.6. The van der Waals surface area contributed by atoms with Crippen LogP contribution in [0.15, 0.2) is 42.6 Å². The molecule has 0 unspecified atom stereocenters. The van der Waals surface area contributed by atoms with Crippen LogP contribution in [0.4, 0.5) is 10.5 Å². The van der Waals surface area contributed by atoms with Gasteiger partial charge in [0, 0.05) is 38.1 Å². The van der Waals surface area contributed by atoms with Gasteiger partial charge in [0.1, 0.15) is 5.75 Å². The van der Waals surface area contributed by atoms with Crippen molar-refractivity contribution < 1.29 is 19.4 Å². The van der Waals surface area contributed by atoms with Gasteiger partial charge >= 0.3 is 12.0 Å². The standard InChI is InChI=1S/C21H26N4O4/c1-3-23-10-12-24(13-11-23)21(28)25(18-6-8-19(29-2)9-7-18)15-17-5-4-16(14-22-17)20(26)27/h4-9,14H,3,10-13,15H2,1-2H3,(H,26,27). The molecule has 0 bridgehead atoms. The fourth-order valence-corrected chi connectivity index (χ4v) is 3.26. The number of carboxylic acids is 1. The van der Waals surface area contributed by atoms with E-state index in [9.17, 15) is 9.59 Å². The molecule has 0 spiro atoms. The first-order valence-corrected chi connectivity index (χ1v) is 9.63. The summed E-state index contributed by atoms with van der Waals surface area (Å²) in [6, 6.07) is 10.4. The quantitative estimate of drug-likeness (QED) is 0.805. The number of nitrogens with zero attached hydrogens (tertiary/aromatic N) is 4. The Balaban J connectivity index is 1.82. The van der Waals surface area contributed by atoms with Crippen LogP contribution in [0.3, 0.4) is 0 Å². The first-order valence-electron chi connectivity index (χ1n) is 9.63. The Labute approximate surface area is 170 Å². The molecular formula is C21H26N4O4. The number of aromatic nitrogens is 1. The third-order valence-corrected chi connectivity index (χ3v) is 5.10. The lowest BCUT2D eigenvalue weighted by Gasteiger charge is -2.37. The summed E-state index contributed by atoms with van der Waals surface area (Å²) in [4.78, 5) is 34.4. The van der Waals surface area contributed by atoms with Gasteiger partial charge in [0.2, 0.25) is 0 Å². The van der Waals surface area contributed by atoms with E-state index in [2.05, 4.69) is 16.8 Å². The highest BCUT2D eigenvalue weighted by Crippen LogP contribution is 2.23. The number of methoxy groups -OCH3 is 1. The summed E-state index contributed by atoms with van der Waals surface area (Å²) in [7, 11) is 1.60. The highest BCUT2D eigenvalue weighted by Gasteiger charge is 2.26. The molecule has 1 aromatic heterocycles. The lowest BCUT2D eigenvalue weighted by Crippen LogP contribution is -2.52. The molecule has 3 rings (SSSR count). The molecule has 2 amide bonds. The summed E-state index contributed by atoms with van der Waals surface area (Å²) in [6.45, 7) is 6.39. The van der Waals surface area contributed by atoms with Gasteiger partial charge in [-0.2, -0.15) is 0 Å². The fraction of sp³-hybridized carbons (Fsp3) is 0.381. The molecule has 2 heterocycles. The van der Waals surface area contributed by atoms with Gasteiger partial charge in [-0.15, -0.1) is 0 Å². The van der Waals surface area contributed by atoms with Gasteiger partial charge in [-0.3, -0.25) is 9.88 Å². The number of likely N-dealkylation sites (N-methyl/N-ethyl adjacent to an activating group) is 1. The zero-order valence-corrected chi connectivity index (χ0v) is 16.7. The van der Waals surface area contributed by atoms with Crippen molar-refractivity contribution in [2.45, 2.75) is 13.5 Å². The number of ether oxygens (including phenoxy) is 1. The molecule has 1 N–H and O–H groups in total. The molecule has 1 saturated heterocycles. The number of urea groups is 1. The number of carbonyl (C=O) groups excluding carboxylic acids is 1. The van der Waals surface area contributed by atoms with Gasteiger partial charge in [-0.25, -0.2) is 9.59 Å². The van der Waals surface area contributed by atoms with E-state index in [1.807, 2.05) is 29.2 Å². The Morgan fingerprint density at radius 1 is 1.10 bits per heavy atom. The van der Waals surface area contributed by atoms with Crippen LogP contribution in [0, 0.1) is 0 Å². The maximum absolute atomic E-state index is 13.3. The molecule has 0 atom stereocenters. The number of rotatable bonds is 6. The number of piperazine rings is 1. The van der Waals surface area contributed by atoms with E-state index in [1.165, 1.54) is 12.3 Å². The lowest BCUT2D eigenvalue weighted by atomic mass is 10.2. The second-order valence-corrected chi connectivity index (χ2v) is 6.83. The Hall–Kier alpha value is -3.13. The molecule has 2 aromatic rings. The van der Waals surface area contributed by atoms with Crippen LogP contribution in [0.5, 0.6) is 5.75 Å². The number of carboxylic acid groups (broad SMARTS) is 1. The maximum Gasteiger partial charge on any atom is 0.337 e. The molecule has 1 aliphatic heterocycles. The third kappa shape index (κ3) is 5.03. The number of carbonyl (C=O) groups is 2. The molecule has 1 fully saturated rings. The van der Waals surface area contributed by atoms with E-state index >= 15 is 0 Å². The number of hydrogen-bond donors (Lipinski definition) is 1. The molecule has 1 aromatic carbocycles. The SMILES string of the molecule is CCN1CCN(C(=O)N(Cc2ccc(C(=O)O)cn2)c2ccc(OC)cc2)CC1. The van der Waals surface area contributed by atoms with Gasteiger partial charge in [0.25, 0.3) is 0 Å². The fourth-order valence-electron chi connectivity index (χ4n) is 3.26. The van der Waals surface area contributed by atoms with Crippen LogP contribution in [0.25, 0.3) is 0 Å². The van der Waals surface area contributed by atoms with Crippen molar-refractivity contribution in [1.82, 2.24) is 14.8 Å². The molecule has 29 heavy (non-hydrogen) atoms. The highest BCUT2D eigenvalue weighted by molar-refractivity contribution is 5.92. The minimum atomic E-state index is -1.03. The summed E-state index contributed by atoms with van der Waals surface area (Å²) in [5.74, 6) is -0.317. The number of aromatic carboxylic acids is 1. The van der Waals surface area contributed by atoms with Crippen LogP contribution in [-0.4, -0.2) is 71.7 Å². The van der Waals surface area contributed by atoms with Gasteiger partial charge in [-0.05, 0) is 42.9 Å². The minimum Gasteiger partial charge on any atom is -0.497 e. The zero-order valence-electron chi connectivity index (χ0n) is 16.7. The van der Waals surface area contributed by atoms with Crippen molar-refractivity contribution >= 4 is 17.7 Å². The highest BCUT2D eigenvalue weighted by atomic mass is 16.5. The molecular weight excluding hydrogens is 372 g/mol. The monoisotopic (exact) mass is 398 g/mol. The molecule has 1 aliphatic rings. The van der Waals surface area contributed by atoms with Gasteiger partial charge in [0.15, 0.2) is 0 Å². The van der Waals surface area contributed by atoms with E-state index in [0.717, 1.165) is 25.3 Å². The molecule has 8 nitrogen and oxygen atoms in total. The Kier molecular flexibility index (Phi) is 6.66. The normalized spacial score (nSPS) is 14.5. The Morgan fingerprint density at radius 3 is 2.31 bits per heavy atom. The predicted molar refractivity (Wildman–Crippen MR) is 109 cm³/mol. The van der Waals surface area contributed by atoms with Crippen LogP contribution in [0.1, 0.15) is 23.0 Å². The average Bonchev–Trinajstić information content (AvgIpc) is 2.77. The van der Waals surface area contributed by atoms with Crippen LogP contribution in [-0.2, 0) is 6.54 Å². The Bertz CT molecular complexity index is 831. The smallest absolute Gasteiger partial charge is 0.337 e. The molecule has 8 heteroatoms. The average molecular weight is 398 g/mol. The third-order valence-electron chi connectivity index (χ3n) is 5.10. The molecule has 0 radical (unpaired) electrons. The minimum absolute atomic E-state index is 0.0879. The number of anilines is 1. The second-order valence-electron chi connectivity index (χ2n) is 6.83. The summed E-state index contributed by atoms with van der Waals surface area (Å²) in [5.41, 5.74) is 1.47. The number of pyridine rings is 1. The van der Waals surface area contributed by atoms with Gasteiger partial charge < -0.3 is 19.6 Å². The lowest BCUT2D eigenvalue weighted by molar-refractivity contribution is 0.0696. The van der Waals surface area contributed by atoms with Crippen LogP contribution < -0.4 is 9.64 Å². The molecule has 0 saturated carbocycles. The largest absolute Gasteiger partial charge is 0.497 e. The van der Waals surface area contributed by atoms with Gasteiger partial charge in [-0.1, -0.05) is 6.92 Å². The number of amides is 2. The van der Waals surface area contributed by atoms with Crippen molar-refractivity contribution in [1.29, 1.82) is 0 Å². The topological polar surface area (TPSA) is 86.2 Å². The molecule has 0 aliphatic carbocycles. The van der Waals surface area contributed by atoms with Crippen molar-refractivity contribution in [2.75, 3.05) is 44.7 Å². The van der Waals surface area contributed by atoms with Crippen molar-refractivity contribution in [3.8, 4) is 5.75 Å². The predicted octanol–water partition coefficient (Wildman–Crippen LogP) is 2.55. The van der Waals surface area contributed by atoms with Crippen molar-refractivity contribution in [3.63, 3.8) is 0 Å². The van der Waals surface area contributed by atoms with Crippen molar-refractivity contribution in [3.05, 3.63) is 53.9 Å². The first-order chi connectivity index (χ1) is 14.0. The number of hydrogen-bond acceptors (Lipinski definition) is 5.